The van der Waals surface area contributed by atoms with Crippen molar-refractivity contribution in [1.29, 1.82) is 0 Å². The van der Waals surface area contributed by atoms with Crippen molar-refractivity contribution in [3.05, 3.63) is 95.0 Å². The average molecular weight is 465 g/mol. The number of hydrogen-bond acceptors (Lipinski definition) is 3. The van der Waals surface area contributed by atoms with Crippen molar-refractivity contribution in [1.82, 2.24) is 14.9 Å². The van der Waals surface area contributed by atoms with E-state index in [1.165, 1.54) is 12.1 Å². The van der Waals surface area contributed by atoms with Crippen LogP contribution in [-0.2, 0) is 17.8 Å². The van der Waals surface area contributed by atoms with Crippen LogP contribution in [0.1, 0.15) is 22.6 Å². The summed E-state index contributed by atoms with van der Waals surface area (Å²) in [5.74, 6) is -0.121. The Morgan fingerprint density at radius 1 is 1.00 bits per heavy atom. The predicted molar refractivity (Wildman–Crippen MR) is 127 cm³/mol. The van der Waals surface area contributed by atoms with Gasteiger partial charge in [0.15, 0.2) is 0 Å². The first kappa shape index (κ1) is 22.5. The van der Waals surface area contributed by atoms with Crippen LogP contribution >= 0.6 is 11.6 Å². The minimum atomic E-state index is -0.415. The number of hydrogen-bond donors (Lipinski definition) is 2. The lowest BCUT2D eigenvalue weighted by Crippen LogP contribution is -2.25. The molecule has 2 N–H and O–H groups in total. The Morgan fingerprint density at radius 2 is 1.79 bits per heavy atom. The van der Waals surface area contributed by atoms with Crippen molar-refractivity contribution in [2.75, 3.05) is 11.9 Å². The molecule has 0 radical (unpaired) electrons. The van der Waals surface area contributed by atoms with Crippen molar-refractivity contribution >= 4 is 40.1 Å². The van der Waals surface area contributed by atoms with E-state index in [1.54, 1.807) is 36.4 Å². The molecule has 0 saturated carbocycles. The summed E-state index contributed by atoms with van der Waals surface area (Å²) in [4.78, 5) is 29.6. The Hall–Kier alpha value is -3.71. The third-order valence-corrected chi connectivity index (χ3v) is 5.36. The van der Waals surface area contributed by atoms with E-state index in [0.29, 0.717) is 35.7 Å². The number of benzene rings is 3. The molecule has 0 aliphatic heterocycles. The number of carbonyl (C=O) groups is 2. The van der Waals surface area contributed by atoms with Crippen LogP contribution in [0.2, 0.25) is 5.02 Å². The lowest BCUT2D eigenvalue weighted by Gasteiger charge is -2.11. The van der Waals surface area contributed by atoms with E-state index in [9.17, 15) is 14.0 Å². The standard InChI is InChI=1S/C25H22ClFN4O2/c26-18-12-10-17(11-13-18)25(33)28-14-4-9-23-30-21-7-1-2-8-22(21)31(23)16-24(32)29-20-6-3-5-19(27)15-20/h1-3,5-8,10-13,15H,4,9,14,16H2,(H,28,33)(H,29,32). The highest BCUT2D eigenvalue weighted by Crippen LogP contribution is 2.18. The van der Waals surface area contributed by atoms with Crippen LogP contribution in [0.15, 0.2) is 72.8 Å². The highest BCUT2D eigenvalue weighted by molar-refractivity contribution is 6.30. The van der Waals surface area contributed by atoms with E-state index >= 15 is 0 Å². The van der Waals surface area contributed by atoms with Crippen molar-refractivity contribution in [3.8, 4) is 0 Å². The van der Waals surface area contributed by atoms with Crippen LogP contribution < -0.4 is 10.6 Å². The summed E-state index contributed by atoms with van der Waals surface area (Å²) >= 11 is 5.86. The van der Waals surface area contributed by atoms with Gasteiger partial charge in [0.1, 0.15) is 18.2 Å². The van der Waals surface area contributed by atoms with Crippen LogP contribution in [0.5, 0.6) is 0 Å². The number of aryl methyl sites for hydroxylation is 1. The summed E-state index contributed by atoms with van der Waals surface area (Å²) in [5, 5.41) is 6.19. The van der Waals surface area contributed by atoms with Crippen LogP contribution in [0.4, 0.5) is 10.1 Å². The van der Waals surface area contributed by atoms with E-state index < -0.39 is 5.82 Å². The summed E-state index contributed by atoms with van der Waals surface area (Å²) in [6.45, 7) is 0.504. The number of amides is 2. The summed E-state index contributed by atoms with van der Waals surface area (Å²) in [6.07, 6.45) is 1.22. The van der Waals surface area contributed by atoms with Gasteiger partial charge in [0.05, 0.1) is 11.0 Å². The minimum absolute atomic E-state index is 0.0451. The Bertz CT molecular complexity index is 1290. The van der Waals surface area contributed by atoms with Crippen LogP contribution in [0.25, 0.3) is 11.0 Å². The SMILES string of the molecule is O=C(Cn1c(CCCNC(=O)c2ccc(Cl)cc2)nc2ccccc21)Nc1cccc(F)c1. The largest absolute Gasteiger partial charge is 0.352 e. The third-order valence-electron chi connectivity index (χ3n) is 5.11. The van der Waals surface area contributed by atoms with E-state index in [4.69, 9.17) is 11.6 Å². The molecule has 0 unspecified atom stereocenters. The molecule has 33 heavy (non-hydrogen) atoms. The monoisotopic (exact) mass is 464 g/mol. The molecule has 6 nitrogen and oxygen atoms in total. The molecule has 4 aromatic rings. The zero-order valence-electron chi connectivity index (χ0n) is 17.7. The van der Waals surface area contributed by atoms with Crippen molar-refractivity contribution in [2.45, 2.75) is 19.4 Å². The quantitative estimate of drug-likeness (QED) is 0.367. The fourth-order valence-corrected chi connectivity index (χ4v) is 3.68. The van der Waals surface area contributed by atoms with Gasteiger partial charge in [-0.25, -0.2) is 9.37 Å². The molecule has 0 spiro atoms. The number of para-hydroxylation sites is 2. The molecule has 1 heterocycles. The van der Waals surface area contributed by atoms with Gasteiger partial charge in [0, 0.05) is 29.2 Å². The Labute approximate surface area is 195 Å². The average Bonchev–Trinajstić information content (AvgIpc) is 3.14. The molecule has 3 aromatic carbocycles. The van der Waals surface area contributed by atoms with Gasteiger partial charge in [0.2, 0.25) is 5.91 Å². The maximum absolute atomic E-state index is 13.4. The molecule has 0 saturated heterocycles. The number of anilines is 1. The molecular weight excluding hydrogens is 443 g/mol. The number of nitrogens with zero attached hydrogens (tertiary/aromatic N) is 2. The molecule has 4 rings (SSSR count). The first-order valence-electron chi connectivity index (χ1n) is 10.5. The van der Waals surface area contributed by atoms with Crippen molar-refractivity contribution < 1.29 is 14.0 Å². The van der Waals surface area contributed by atoms with Gasteiger partial charge in [0.25, 0.3) is 5.91 Å². The summed E-state index contributed by atoms with van der Waals surface area (Å²) in [5.41, 5.74) is 2.57. The molecular formula is C25H22ClFN4O2. The number of fused-ring (bicyclic) bond motifs is 1. The maximum atomic E-state index is 13.4. The topological polar surface area (TPSA) is 76.0 Å². The number of nitrogens with one attached hydrogen (secondary N) is 2. The predicted octanol–water partition coefficient (Wildman–Crippen LogP) is 4.83. The maximum Gasteiger partial charge on any atom is 0.251 e. The highest BCUT2D eigenvalue weighted by Gasteiger charge is 2.14. The number of carbonyl (C=O) groups excluding carboxylic acids is 2. The first-order valence-corrected chi connectivity index (χ1v) is 10.9. The third kappa shape index (κ3) is 5.75. The summed E-state index contributed by atoms with van der Waals surface area (Å²) in [7, 11) is 0. The lowest BCUT2D eigenvalue weighted by molar-refractivity contribution is -0.116. The highest BCUT2D eigenvalue weighted by atomic mass is 35.5. The fourth-order valence-electron chi connectivity index (χ4n) is 3.55. The molecule has 2 amide bonds. The fraction of sp³-hybridized carbons (Fsp3) is 0.160. The van der Waals surface area contributed by atoms with Gasteiger partial charge in [-0.2, -0.15) is 0 Å². The van der Waals surface area contributed by atoms with E-state index in [0.717, 1.165) is 16.9 Å². The zero-order valence-corrected chi connectivity index (χ0v) is 18.5. The van der Waals surface area contributed by atoms with Gasteiger partial charge < -0.3 is 15.2 Å². The Kier molecular flexibility index (Phi) is 7.00. The molecule has 0 atom stereocenters. The normalized spacial score (nSPS) is 10.8. The smallest absolute Gasteiger partial charge is 0.251 e. The molecule has 0 aliphatic carbocycles. The number of halogens is 2. The van der Waals surface area contributed by atoms with Crippen molar-refractivity contribution in [2.24, 2.45) is 0 Å². The molecule has 1 aromatic heterocycles. The molecule has 8 heteroatoms. The number of rotatable bonds is 8. The Morgan fingerprint density at radius 3 is 2.58 bits per heavy atom. The minimum Gasteiger partial charge on any atom is -0.352 e. The first-order chi connectivity index (χ1) is 16.0. The van der Waals surface area contributed by atoms with Gasteiger partial charge >= 0.3 is 0 Å². The molecule has 168 valence electrons. The molecule has 0 fully saturated rings. The molecule has 0 aliphatic rings. The number of aromatic nitrogens is 2. The van der Waals surface area contributed by atoms with E-state index in [1.807, 2.05) is 28.8 Å². The second-order valence-electron chi connectivity index (χ2n) is 7.53. The van der Waals surface area contributed by atoms with Crippen LogP contribution in [-0.4, -0.2) is 27.9 Å². The molecule has 0 bridgehead atoms. The van der Waals surface area contributed by atoms with Crippen molar-refractivity contribution in [3.63, 3.8) is 0 Å². The zero-order chi connectivity index (χ0) is 23.2. The van der Waals surface area contributed by atoms with Crippen LogP contribution in [0.3, 0.4) is 0 Å². The second-order valence-corrected chi connectivity index (χ2v) is 7.96. The lowest BCUT2D eigenvalue weighted by atomic mass is 10.2. The number of imidazole rings is 1. The second kappa shape index (κ2) is 10.3. The summed E-state index contributed by atoms with van der Waals surface area (Å²) < 4.78 is 15.3. The van der Waals surface area contributed by atoms with Gasteiger partial charge in [-0.1, -0.05) is 29.8 Å². The summed E-state index contributed by atoms with van der Waals surface area (Å²) in [6, 6.07) is 20.1. The van der Waals surface area contributed by atoms with Crippen LogP contribution in [0, 0.1) is 5.82 Å². The van der Waals surface area contributed by atoms with Gasteiger partial charge in [-0.05, 0) is 61.0 Å². The Balaban J connectivity index is 1.41. The van der Waals surface area contributed by atoms with Gasteiger partial charge in [-0.15, -0.1) is 0 Å². The van der Waals surface area contributed by atoms with E-state index in [-0.39, 0.29) is 18.4 Å². The van der Waals surface area contributed by atoms with Gasteiger partial charge in [-0.3, -0.25) is 9.59 Å². The van der Waals surface area contributed by atoms with E-state index in [2.05, 4.69) is 15.6 Å².